The summed E-state index contributed by atoms with van der Waals surface area (Å²) in [7, 11) is 0. The first-order valence-electron chi connectivity index (χ1n) is 8.41. The molecule has 3 rings (SSSR count). The third-order valence-corrected chi connectivity index (χ3v) is 4.34. The zero-order valence-corrected chi connectivity index (χ0v) is 14.4. The smallest absolute Gasteiger partial charge is 0.271 e. The monoisotopic (exact) mass is 335 g/mol. The number of amides is 1. The molecule has 128 valence electrons. The Bertz CT molecular complexity index is 891. The second kappa shape index (κ2) is 7.25. The van der Waals surface area contributed by atoms with Crippen molar-refractivity contribution in [2.75, 3.05) is 5.32 Å². The van der Waals surface area contributed by atoms with Crippen molar-refractivity contribution >= 4 is 22.5 Å². The molecule has 1 amide bonds. The van der Waals surface area contributed by atoms with Crippen LogP contribution in [0.2, 0.25) is 0 Å². The Morgan fingerprint density at radius 3 is 2.44 bits per heavy atom. The Balaban J connectivity index is 2.14. The van der Waals surface area contributed by atoms with E-state index in [1.165, 1.54) is 0 Å². The highest BCUT2D eigenvalue weighted by Gasteiger charge is 2.17. The zero-order chi connectivity index (χ0) is 17.8. The summed E-state index contributed by atoms with van der Waals surface area (Å²) in [5.41, 5.74) is 9.12. The Hall–Kier alpha value is -3.02. The lowest BCUT2D eigenvalue weighted by atomic mass is 10.0. The lowest BCUT2D eigenvalue weighted by Gasteiger charge is -2.19. The van der Waals surface area contributed by atoms with Gasteiger partial charge in [-0.15, -0.1) is 10.2 Å². The first kappa shape index (κ1) is 16.8. The van der Waals surface area contributed by atoms with Gasteiger partial charge in [-0.1, -0.05) is 19.9 Å². The van der Waals surface area contributed by atoms with Crippen LogP contribution in [0.1, 0.15) is 37.2 Å². The molecule has 0 saturated heterocycles. The molecule has 25 heavy (non-hydrogen) atoms. The number of primary amides is 1. The van der Waals surface area contributed by atoms with Crippen molar-refractivity contribution in [2.45, 2.75) is 32.7 Å². The molecule has 6 nitrogen and oxygen atoms in total. The molecule has 0 unspecified atom stereocenters. The largest absolute Gasteiger partial charge is 0.380 e. The van der Waals surface area contributed by atoms with Gasteiger partial charge in [0.25, 0.3) is 5.91 Å². The first-order valence-corrected chi connectivity index (χ1v) is 8.41. The molecule has 2 heterocycles. The third kappa shape index (κ3) is 3.42. The minimum Gasteiger partial charge on any atom is -0.380 e. The fraction of sp³-hybridized carbons (Fsp3) is 0.263. The van der Waals surface area contributed by atoms with Crippen molar-refractivity contribution in [3.8, 4) is 11.1 Å². The molecule has 1 aromatic carbocycles. The molecule has 6 heteroatoms. The van der Waals surface area contributed by atoms with Gasteiger partial charge in [0, 0.05) is 23.8 Å². The van der Waals surface area contributed by atoms with Gasteiger partial charge in [-0.05, 0) is 48.2 Å². The number of carbonyl (C=O) groups is 1. The van der Waals surface area contributed by atoms with Crippen molar-refractivity contribution in [3.63, 3.8) is 0 Å². The fourth-order valence-electron chi connectivity index (χ4n) is 2.85. The number of hydrogen-bond acceptors (Lipinski definition) is 5. The zero-order valence-electron chi connectivity index (χ0n) is 14.4. The summed E-state index contributed by atoms with van der Waals surface area (Å²) in [5.74, 6) is -0.582. The molecule has 0 radical (unpaired) electrons. The number of hydrogen-bond donors (Lipinski definition) is 2. The maximum absolute atomic E-state index is 11.8. The molecular formula is C19H21N5O. The maximum atomic E-state index is 11.8. The van der Waals surface area contributed by atoms with E-state index in [-0.39, 0.29) is 11.7 Å². The van der Waals surface area contributed by atoms with Crippen LogP contribution in [-0.4, -0.2) is 27.1 Å². The van der Waals surface area contributed by atoms with Crippen molar-refractivity contribution in [1.82, 2.24) is 15.2 Å². The third-order valence-electron chi connectivity index (χ3n) is 4.34. The Morgan fingerprint density at radius 2 is 1.80 bits per heavy atom. The van der Waals surface area contributed by atoms with Gasteiger partial charge in [-0.3, -0.25) is 9.78 Å². The van der Waals surface area contributed by atoms with Gasteiger partial charge in [0.2, 0.25) is 0 Å². The van der Waals surface area contributed by atoms with Crippen LogP contribution in [0.25, 0.3) is 22.0 Å². The molecule has 0 aliphatic rings. The van der Waals surface area contributed by atoms with Crippen LogP contribution in [0.5, 0.6) is 0 Å². The predicted octanol–water partition coefficient (Wildman–Crippen LogP) is 3.39. The maximum Gasteiger partial charge on any atom is 0.271 e. The van der Waals surface area contributed by atoms with Crippen molar-refractivity contribution in [2.24, 2.45) is 5.73 Å². The summed E-state index contributed by atoms with van der Waals surface area (Å²) in [4.78, 5) is 15.8. The number of aromatic nitrogens is 3. The standard InChI is InChI=1S/C19H21N5O/c1-3-14(4-2)22-17-15-6-5-13(12-7-9-21-10-8-12)11-16(15)23-24-18(17)19(20)25/h5-11,14H,3-4H2,1-2H3,(H2,20,25)(H,22,23). The van der Waals surface area contributed by atoms with Crippen molar-refractivity contribution in [1.29, 1.82) is 0 Å². The quantitative estimate of drug-likeness (QED) is 0.720. The van der Waals surface area contributed by atoms with Crippen molar-refractivity contribution < 1.29 is 4.79 Å². The summed E-state index contributed by atoms with van der Waals surface area (Å²) in [5, 5.41) is 12.5. The topological polar surface area (TPSA) is 93.8 Å². The number of nitrogens with one attached hydrogen (secondary N) is 1. The van der Waals surface area contributed by atoms with E-state index in [2.05, 4.69) is 34.3 Å². The summed E-state index contributed by atoms with van der Waals surface area (Å²) < 4.78 is 0. The average Bonchev–Trinajstić information content (AvgIpc) is 2.65. The number of nitrogens with zero attached hydrogens (tertiary/aromatic N) is 3. The normalized spacial score (nSPS) is 11.0. The van der Waals surface area contributed by atoms with E-state index in [1.807, 2.05) is 30.3 Å². The summed E-state index contributed by atoms with van der Waals surface area (Å²) in [6, 6.07) is 10.0. The Kier molecular flexibility index (Phi) is 4.88. The van der Waals surface area contributed by atoms with E-state index in [0.29, 0.717) is 11.2 Å². The van der Waals surface area contributed by atoms with Crippen molar-refractivity contribution in [3.05, 3.63) is 48.4 Å². The number of rotatable bonds is 6. The first-order chi connectivity index (χ1) is 12.1. The lowest BCUT2D eigenvalue weighted by molar-refractivity contribution is 0.0995. The number of carbonyl (C=O) groups excluding carboxylic acids is 1. The highest BCUT2D eigenvalue weighted by molar-refractivity contribution is 6.05. The number of anilines is 1. The number of benzene rings is 1. The highest BCUT2D eigenvalue weighted by atomic mass is 16.1. The molecule has 0 aliphatic heterocycles. The van der Waals surface area contributed by atoms with Gasteiger partial charge in [0.05, 0.1) is 11.2 Å². The highest BCUT2D eigenvalue weighted by Crippen LogP contribution is 2.29. The number of fused-ring (bicyclic) bond motifs is 1. The molecular weight excluding hydrogens is 314 g/mol. The fourth-order valence-corrected chi connectivity index (χ4v) is 2.85. The lowest BCUT2D eigenvalue weighted by Crippen LogP contribution is -2.23. The van der Waals surface area contributed by atoms with E-state index in [4.69, 9.17) is 5.73 Å². The van der Waals surface area contributed by atoms with Gasteiger partial charge in [0.15, 0.2) is 5.69 Å². The Morgan fingerprint density at radius 1 is 1.08 bits per heavy atom. The molecule has 0 saturated carbocycles. The molecule has 0 fully saturated rings. The molecule has 3 aromatic rings. The van der Waals surface area contributed by atoms with Gasteiger partial charge in [0.1, 0.15) is 0 Å². The number of nitrogens with two attached hydrogens (primary N) is 1. The molecule has 2 aromatic heterocycles. The van der Waals surface area contributed by atoms with E-state index in [0.717, 1.165) is 29.4 Å². The Labute approximate surface area is 146 Å². The van der Waals surface area contributed by atoms with Crippen LogP contribution in [0.4, 0.5) is 5.69 Å². The predicted molar refractivity (Wildman–Crippen MR) is 99.3 cm³/mol. The van der Waals surface area contributed by atoms with Gasteiger partial charge < -0.3 is 11.1 Å². The minimum absolute atomic E-state index is 0.177. The number of pyridine rings is 1. The van der Waals surface area contributed by atoms with E-state index in [9.17, 15) is 4.79 Å². The molecule has 0 atom stereocenters. The van der Waals surface area contributed by atoms with Crippen LogP contribution < -0.4 is 11.1 Å². The average molecular weight is 335 g/mol. The van der Waals surface area contributed by atoms with Gasteiger partial charge in [-0.2, -0.15) is 0 Å². The van der Waals surface area contributed by atoms with Gasteiger partial charge >= 0.3 is 0 Å². The molecule has 0 spiro atoms. The van der Waals surface area contributed by atoms with E-state index in [1.54, 1.807) is 12.4 Å². The summed E-state index contributed by atoms with van der Waals surface area (Å²) in [6.45, 7) is 4.20. The second-order valence-electron chi connectivity index (χ2n) is 5.91. The minimum atomic E-state index is -0.582. The van der Waals surface area contributed by atoms with Crippen LogP contribution in [-0.2, 0) is 0 Å². The SMILES string of the molecule is CCC(CC)Nc1c(C(N)=O)nnc2cc(-c3ccncc3)ccc12. The van der Waals surface area contributed by atoms with Crippen LogP contribution >= 0.6 is 0 Å². The van der Waals surface area contributed by atoms with Crippen LogP contribution in [0, 0.1) is 0 Å². The second-order valence-corrected chi connectivity index (χ2v) is 5.91. The summed E-state index contributed by atoms with van der Waals surface area (Å²) >= 11 is 0. The van der Waals surface area contributed by atoms with Crippen LogP contribution in [0.15, 0.2) is 42.7 Å². The molecule has 3 N–H and O–H groups in total. The van der Waals surface area contributed by atoms with Gasteiger partial charge in [-0.25, -0.2) is 0 Å². The van der Waals surface area contributed by atoms with E-state index >= 15 is 0 Å². The molecule has 0 bridgehead atoms. The van der Waals surface area contributed by atoms with E-state index < -0.39 is 5.91 Å². The molecule has 0 aliphatic carbocycles. The van der Waals surface area contributed by atoms with Crippen LogP contribution in [0.3, 0.4) is 0 Å². The summed E-state index contributed by atoms with van der Waals surface area (Å²) in [6.07, 6.45) is 5.38.